The van der Waals surface area contributed by atoms with Crippen molar-refractivity contribution >= 4 is 22.9 Å². The Morgan fingerprint density at radius 3 is 2.96 bits per heavy atom. The lowest BCUT2D eigenvalue weighted by Crippen LogP contribution is -2.40. The van der Waals surface area contributed by atoms with Gasteiger partial charge in [-0.15, -0.1) is 0 Å². The average molecular weight is 315 g/mol. The van der Waals surface area contributed by atoms with E-state index in [1.54, 1.807) is 11.9 Å². The molecule has 2 N–H and O–H groups in total. The van der Waals surface area contributed by atoms with Crippen LogP contribution in [-0.4, -0.2) is 43.5 Å². The number of fused-ring (bicyclic) bond motifs is 1. The number of carbonyl (C=O) groups is 2. The summed E-state index contributed by atoms with van der Waals surface area (Å²) in [5, 5.41) is 6.60. The number of nitrogens with zero attached hydrogens (tertiary/aromatic N) is 1. The first kappa shape index (κ1) is 15.4. The number of hydrogen-bond donors (Lipinski definition) is 2. The maximum Gasteiger partial charge on any atom is 0.317 e. The van der Waals surface area contributed by atoms with Gasteiger partial charge in [-0.2, -0.15) is 0 Å². The molecule has 2 heterocycles. The number of likely N-dealkylation sites (tertiary alicyclic amines) is 1. The van der Waals surface area contributed by atoms with Gasteiger partial charge in [0.1, 0.15) is 11.3 Å². The van der Waals surface area contributed by atoms with Crippen LogP contribution in [0.1, 0.15) is 12.2 Å². The molecule has 23 heavy (non-hydrogen) atoms. The Balaban J connectivity index is 1.47. The molecule has 1 aromatic carbocycles. The molecule has 1 aliphatic rings. The van der Waals surface area contributed by atoms with Crippen LogP contribution >= 0.6 is 0 Å². The molecule has 2 aromatic rings. The lowest BCUT2D eigenvalue weighted by atomic mass is 10.1. The molecule has 0 radical (unpaired) electrons. The summed E-state index contributed by atoms with van der Waals surface area (Å²) in [7, 11) is 1.62. The lowest BCUT2D eigenvalue weighted by Gasteiger charge is -2.16. The first-order chi connectivity index (χ1) is 11.2. The van der Waals surface area contributed by atoms with Crippen LogP contribution < -0.4 is 10.6 Å². The SMILES string of the molecule is CNC(=O)C1CCN(C(=O)NCCc2cc3ccccc3o2)C1. The van der Waals surface area contributed by atoms with Crippen molar-refractivity contribution in [3.8, 4) is 0 Å². The molecule has 1 fully saturated rings. The minimum absolute atomic E-state index is 0.00238. The van der Waals surface area contributed by atoms with E-state index in [1.807, 2.05) is 30.3 Å². The van der Waals surface area contributed by atoms with E-state index >= 15 is 0 Å². The Morgan fingerprint density at radius 2 is 2.17 bits per heavy atom. The van der Waals surface area contributed by atoms with E-state index in [0.717, 1.165) is 23.2 Å². The molecule has 1 saturated heterocycles. The second-order valence-corrected chi connectivity index (χ2v) is 5.78. The lowest BCUT2D eigenvalue weighted by molar-refractivity contribution is -0.124. The van der Waals surface area contributed by atoms with Gasteiger partial charge in [0, 0.05) is 38.5 Å². The standard InChI is InChI=1S/C17H21N3O3/c1-18-16(21)13-7-9-20(11-13)17(22)19-8-6-14-10-12-4-2-3-5-15(12)23-14/h2-5,10,13H,6-9,11H2,1H3,(H,18,21)(H,19,22). The van der Waals surface area contributed by atoms with Crippen molar-refractivity contribution in [2.75, 3.05) is 26.7 Å². The van der Waals surface area contributed by atoms with Gasteiger partial charge < -0.3 is 20.0 Å². The number of urea groups is 1. The molecule has 6 nitrogen and oxygen atoms in total. The maximum absolute atomic E-state index is 12.1. The van der Waals surface area contributed by atoms with E-state index in [2.05, 4.69) is 10.6 Å². The molecule has 0 saturated carbocycles. The minimum Gasteiger partial charge on any atom is -0.461 e. The second-order valence-electron chi connectivity index (χ2n) is 5.78. The first-order valence-electron chi connectivity index (χ1n) is 7.89. The van der Waals surface area contributed by atoms with Gasteiger partial charge in [0.05, 0.1) is 5.92 Å². The number of para-hydroxylation sites is 1. The Labute approximate surface area is 134 Å². The van der Waals surface area contributed by atoms with E-state index in [1.165, 1.54) is 0 Å². The van der Waals surface area contributed by atoms with Gasteiger partial charge in [-0.25, -0.2) is 4.79 Å². The van der Waals surface area contributed by atoms with Crippen LogP contribution in [0, 0.1) is 5.92 Å². The van der Waals surface area contributed by atoms with Crippen LogP contribution in [0.15, 0.2) is 34.7 Å². The Kier molecular flexibility index (Phi) is 4.50. The summed E-state index contributed by atoms with van der Waals surface area (Å²) in [6.07, 6.45) is 1.36. The number of amides is 3. The summed E-state index contributed by atoms with van der Waals surface area (Å²) >= 11 is 0. The fourth-order valence-corrected chi connectivity index (χ4v) is 2.93. The van der Waals surface area contributed by atoms with Gasteiger partial charge >= 0.3 is 6.03 Å². The van der Waals surface area contributed by atoms with Crippen LogP contribution in [0.2, 0.25) is 0 Å². The highest BCUT2D eigenvalue weighted by Gasteiger charge is 2.30. The molecular weight excluding hydrogens is 294 g/mol. The number of furan rings is 1. The van der Waals surface area contributed by atoms with Crippen molar-refractivity contribution in [1.82, 2.24) is 15.5 Å². The first-order valence-corrected chi connectivity index (χ1v) is 7.89. The van der Waals surface area contributed by atoms with Crippen molar-refractivity contribution in [2.45, 2.75) is 12.8 Å². The highest BCUT2D eigenvalue weighted by molar-refractivity contribution is 5.81. The minimum atomic E-state index is -0.118. The number of benzene rings is 1. The fourth-order valence-electron chi connectivity index (χ4n) is 2.93. The summed E-state index contributed by atoms with van der Waals surface area (Å²) in [5.74, 6) is 0.764. The molecule has 122 valence electrons. The zero-order chi connectivity index (χ0) is 16.2. The van der Waals surface area contributed by atoms with E-state index < -0.39 is 0 Å². The summed E-state index contributed by atoms with van der Waals surface area (Å²) in [6, 6.07) is 9.73. The van der Waals surface area contributed by atoms with Gasteiger partial charge in [-0.3, -0.25) is 4.79 Å². The van der Waals surface area contributed by atoms with Gasteiger partial charge in [-0.05, 0) is 18.6 Å². The van der Waals surface area contributed by atoms with Crippen LogP contribution in [0.5, 0.6) is 0 Å². The molecule has 1 aromatic heterocycles. The Hall–Kier alpha value is -2.50. The normalized spacial score (nSPS) is 17.4. The maximum atomic E-state index is 12.1. The van der Waals surface area contributed by atoms with E-state index in [4.69, 9.17) is 4.42 Å². The number of rotatable bonds is 4. The smallest absolute Gasteiger partial charge is 0.317 e. The summed E-state index contributed by atoms with van der Waals surface area (Å²) < 4.78 is 5.72. The molecule has 3 amide bonds. The topological polar surface area (TPSA) is 74.6 Å². The largest absolute Gasteiger partial charge is 0.461 e. The highest BCUT2D eigenvalue weighted by Crippen LogP contribution is 2.19. The third-order valence-corrected chi connectivity index (χ3v) is 4.22. The molecular formula is C17H21N3O3. The van der Waals surface area contributed by atoms with Crippen LogP contribution in [0.4, 0.5) is 4.79 Å². The fraction of sp³-hybridized carbons (Fsp3) is 0.412. The van der Waals surface area contributed by atoms with E-state index in [0.29, 0.717) is 26.1 Å². The predicted octanol–water partition coefficient (Wildman–Crippen LogP) is 1.75. The van der Waals surface area contributed by atoms with Crippen LogP contribution in [0.25, 0.3) is 11.0 Å². The third-order valence-electron chi connectivity index (χ3n) is 4.22. The van der Waals surface area contributed by atoms with Crippen LogP contribution in [0.3, 0.4) is 0 Å². The summed E-state index contributed by atoms with van der Waals surface area (Å²) in [5.41, 5.74) is 0.863. The molecule has 1 atom stereocenters. The number of nitrogens with one attached hydrogen (secondary N) is 2. The highest BCUT2D eigenvalue weighted by atomic mass is 16.3. The van der Waals surface area contributed by atoms with E-state index in [9.17, 15) is 9.59 Å². The molecule has 1 unspecified atom stereocenters. The van der Waals surface area contributed by atoms with Gasteiger partial charge in [0.25, 0.3) is 0 Å². The van der Waals surface area contributed by atoms with Crippen molar-refractivity contribution in [3.63, 3.8) is 0 Å². The second kappa shape index (κ2) is 6.73. The van der Waals surface area contributed by atoms with E-state index in [-0.39, 0.29) is 17.9 Å². The quantitative estimate of drug-likeness (QED) is 0.902. The molecule has 0 bridgehead atoms. The van der Waals surface area contributed by atoms with Gasteiger partial charge in [0.15, 0.2) is 0 Å². The molecule has 0 spiro atoms. The molecule has 1 aliphatic heterocycles. The predicted molar refractivity (Wildman–Crippen MR) is 87.1 cm³/mol. The molecule has 0 aliphatic carbocycles. The monoisotopic (exact) mass is 315 g/mol. The summed E-state index contributed by atoms with van der Waals surface area (Å²) in [4.78, 5) is 25.4. The van der Waals surface area contributed by atoms with Gasteiger partial charge in [-0.1, -0.05) is 18.2 Å². The number of carbonyl (C=O) groups excluding carboxylic acids is 2. The average Bonchev–Trinajstić information content (AvgIpc) is 3.20. The van der Waals surface area contributed by atoms with Crippen molar-refractivity contribution < 1.29 is 14.0 Å². The van der Waals surface area contributed by atoms with Crippen molar-refractivity contribution in [2.24, 2.45) is 5.92 Å². The Bertz CT molecular complexity index is 677. The van der Waals surface area contributed by atoms with Crippen LogP contribution in [-0.2, 0) is 11.2 Å². The third kappa shape index (κ3) is 3.47. The molecule has 3 rings (SSSR count). The summed E-state index contributed by atoms with van der Waals surface area (Å²) in [6.45, 7) is 1.62. The van der Waals surface area contributed by atoms with Crippen molar-refractivity contribution in [1.29, 1.82) is 0 Å². The zero-order valence-corrected chi connectivity index (χ0v) is 13.2. The zero-order valence-electron chi connectivity index (χ0n) is 13.2. The van der Waals surface area contributed by atoms with Crippen molar-refractivity contribution in [3.05, 3.63) is 36.1 Å². The van der Waals surface area contributed by atoms with Gasteiger partial charge in [0.2, 0.25) is 5.91 Å². The Morgan fingerprint density at radius 1 is 1.35 bits per heavy atom. The number of hydrogen-bond acceptors (Lipinski definition) is 3. The molecule has 6 heteroatoms.